The number of H-pyrrole nitrogens is 1. The molecule has 2 aromatic carbocycles. The third-order valence-electron chi connectivity index (χ3n) is 4.79. The van der Waals surface area contributed by atoms with Gasteiger partial charge in [-0.15, -0.1) is 0 Å². The summed E-state index contributed by atoms with van der Waals surface area (Å²) in [5, 5.41) is 5.88. The maximum atomic E-state index is 13.4. The number of carbonyl (C=O) groups is 1. The Morgan fingerprint density at radius 1 is 1.24 bits per heavy atom. The lowest BCUT2D eigenvalue weighted by Crippen LogP contribution is -2.18. The lowest BCUT2D eigenvalue weighted by atomic mass is 10.0. The lowest BCUT2D eigenvalue weighted by Gasteiger charge is -2.13. The molecule has 0 atom stereocenters. The Labute approximate surface area is 188 Å². The molecule has 0 bridgehead atoms. The van der Waals surface area contributed by atoms with Gasteiger partial charge in [0, 0.05) is 42.7 Å². The number of nitrogens with one attached hydrogen (secondary N) is 3. The van der Waals surface area contributed by atoms with Crippen LogP contribution in [0, 0.1) is 5.82 Å². The smallest absolute Gasteiger partial charge is 0.255 e. The predicted octanol–water partition coefficient (Wildman–Crippen LogP) is 3.31. The number of fused-ring (bicyclic) bond motifs is 1. The van der Waals surface area contributed by atoms with E-state index in [1.54, 1.807) is 24.5 Å². The second kappa shape index (κ2) is 8.94. The molecule has 0 aliphatic heterocycles. The number of imidazole rings is 1. The topological polar surface area (TPSA) is 126 Å². The van der Waals surface area contributed by atoms with E-state index in [1.807, 2.05) is 0 Å². The number of carbonyl (C=O) groups excluding carboxylic acids is 1. The van der Waals surface area contributed by atoms with Gasteiger partial charge >= 0.3 is 0 Å². The molecule has 0 aliphatic carbocycles. The molecule has 9 nitrogen and oxygen atoms in total. The summed E-state index contributed by atoms with van der Waals surface area (Å²) in [5.74, 6) is -0.0292. The molecule has 172 valence electrons. The third-order valence-corrected chi connectivity index (χ3v) is 5.46. The zero-order valence-electron chi connectivity index (χ0n) is 17.8. The van der Waals surface area contributed by atoms with Gasteiger partial charge in [0.25, 0.3) is 5.91 Å². The third kappa shape index (κ3) is 4.98. The highest BCUT2D eigenvalue weighted by Gasteiger charge is 2.24. The number of rotatable bonds is 8. The average molecular weight is 472 g/mol. The molecule has 4 aromatic rings. The zero-order chi connectivity index (χ0) is 23.6. The van der Waals surface area contributed by atoms with Crippen molar-refractivity contribution in [3.05, 3.63) is 66.0 Å². The van der Waals surface area contributed by atoms with E-state index in [0.717, 1.165) is 6.26 Å². The van der Waals surface area contributed by atoms with E-state index in [9.17, 15) is 17.6 Å². The molecule has 0 saturated carbocycles. The summed E-state index contributed by atoms with van der Waals surface area (Å²) in [6.45, 7) is 0.0873. The Bertz CT molecular complexity index is 1400. The number of nitrogens with zero attached hydrogens (tertiary/aromatic N) is 1. The second-order valence-electron chi connectivity index (χ2n) is 7.31. The second-order valence-corrected chi connectivity index (χ2v) is 9.45. The normalized spacial score (nSPS) is 11.5. The van der Waals surface area contributed by atoms with Crippen LogP contribution in [0.15, 0.2) is 53.2 Å². The van der Waals surface area contributed by atoms with Crippen LogP contribution in [0.25, 0.3) is 22.3 Å². The highest BCUT2D eigenvalue weighted by molar-refractivity contribution is 7.90. The SMILES string of the molecule is CNC(=O)c1c(-c2ccc(F)cc2)oc2cc(NCS(C)(=O)=O)c(OCc3ncc[nH]3)cc12. The molecule has 1 amide bonds. The summed E-state index contributed by atoms with van der Waals surface area (Å²) in [5.41, 5.74) is 1.45. The Balaban J connectivity index is 1.85. The molecule has 2 heterocycles. The number of aromatic nitrogens is 2. The Morgan fingerprint density at radius 2 is 2.00 bits per heavy atom. The number of halogens is 1. The van der Waals surface area contributed by atoms with Gasteiger partial charge in [-0.05, 0) is 30.3 Å². The van der Waals surface area contributed by atoms with Crippen LogP contribution >= 0.6 is 0 Å². The number of hydrogen-bond donors (Lipinski definition) is 3. The summed E-state index contributed by atoms with van der Waals surface area (Å²) in [4.78, 5) is 19.8. The number of amides is 1. The van der Waals surface area contributed by atoms with Crippen molar-refractivity contribution in [2.45, 2.75) is 6.61 Å². The highest BCUT2D eigenvalue weighted by atomic mass is 32.2. The van der Waals surface area contributed by atoms with Gasteiger partial charge in [-0.25, -0.2) is 17.8 Å². The van der Waals surface area contributed by atoms with Crippen molar-refractivity contribution in [3.63, 3.8) is 0 Å². The molecule has 11 heteroatoms. The van der Waals surface area contributed by atoms with Crippen LogP contribution in [0.5, 0.6) is 5.75 Å². The van der Waals surface area contributed by atoms with Crippen LogP contribution in [0.4, 0.5) is 10.1 Å². The van der Waals surface area contributed by atoms with Crippen LogP contribution in [0.2, 0.25) is 0 Å². The van der Waals surface area contributed by atoms with Gasteiger partial charge in [0.05, 0.1) is 11.3 Å². The molecule has 4 rings (SSSR count). The van der Waals surface area contributed by atoms with Crippen LogP contribution in [0.3, 0.4) is 0 Å². The van der Waals surface area contributed by atoms with Gasteiger partial charge < -0.3 is 24.8 Å². The minimum absolute atomic E-state index is 0.0873. The van der Waals surface area contributed by atoms with Crippen molar-refractivity contribution >= 4 is 32.4 Å². The number of anilines is 1. The Morgan fingerprint density at radius 3 is 2.64 bits per heavy atom. The molecular weight excluding hydrogens is 451 g/mol. The van der Waals surface area contributed by atoms with E-state index in [0.29, 0.717) is 33.8 Å². The molecule has 3 N–H and O–H groups in total. The van der Waals surface area contributed by atoms with E-state index >= 15 is 0 Å². The minimum atomic E-state index is -3.33. The Hall–Kier alpha value is -3.86. The maximum Gasteiger partial charge on any atom is 0.255 e. The first-order valence-corrected chi connectivity index (χ1v) is 11.9. The largest absolute Gasteiger partial charge is 0.483 e. The molecule has 0 fully saturated rings. The monoisotopic (exact) mass is 472 g/mol. The summed E-state index contributed by atoms with van der Waals surface area (Å²) < 4.78 is 48.7. The summed E-state index contributed by atoms with van der Waals surface area (Å²) in [6, 6.07) is 8.73. The van der Waals surface area contributed by atoms with Gasteiger partial charge in [-0.3, -0.25) is 4.79 Å². The number of sulfone groups is 1. The molecule has 33 heavy (non-hydrogen) atoms. The summed E-state index contributed by atoms with van der Waals surface area (Å²) in [7, 11) is -1.84. The van der Waals surface area contributed by atoms with Gasteiger partial charge in [-0.2, -0.15) is 0 Å². The first-order chi connectivity index (χ1) is 15.7. The van der Waals surface area contributed by atoms with Gasteiger partial charge in [0.15, 0.2) is 9.84 Å². The number of hydrogen-bond acceptors (Lipinski definition) is 7. The fraction of sp³-hybridized carbons (Fsp3) is 0.182. The molecule has 0 saturated heterocycles. The molecule has 0 radical (unpaired) electrons. The molecular formula is C22H21FN4O5S. The van der Waals surface area contributed by atoms with Gasteiger partial charge in [0.1, 0.15) is 41.2 Å². The van der Waals surface area contributed by atoms with Crippen molar-refractivity contribution in [2.24, 2.45) is 0 Å². The summed E-state index contributed by atoms with van der Waals surface area (Å²) >= 11 is 0. The molecule has 0 spiro atoms. The molecule has 0 unspecified atom stereocenters. The number of furan rings is 1. The first kappa shape index (κ1) is 22.3. The molecule has 0 aliphatic rings. The van der Waals surface area contributed by atoms with Crippen molar-refractivity contribution < 1.29 is 26.8 Å². The minimum Gasteiger partial charge on any atom is -0.483 e. The van der Waals surface area contributed by atoms with Crippen LogP contribution in [0.1, 0.15) is 16.2 Å². The standard InChI is InChI=1S/C22H21FN4O5S/c1-24-22(28)20-15-9-18(31-11-19-25-7-8-26-19)16(27-12-33(2,29)30)10-17(15)32-21(20)13-3-5-14(23)6-4-13/h3-10,27H,11-12H2,1-2H3,(H,24,28)(H,25,26). The van der Waals surface area contributed by atoms with Crippen LogP contribution in [-0.2, 0) is 16.4 Å². The van der Waals surface area contributed by atoms with E-state index in [2.05, 4.69) is 20.6 Å². The van der Waals surface area contributed by atoms with Crippen molar-refractivity contribution in [1.82, 2.24) is 15.3 Å². The lowest BCUT2D eigenvalue weighted by molar-refractivity contribution is 0.0964. The van der Waals surface area contributed by atoms with Crippen molar-refractivity contribution in [3.8, 4) is 17.1 Å². The van der Waals surface area contributed by atoms with E-state index < -0.39 is 21.6 Å². The highest BCUT2D eigenvalue weighted by Crippen LogP contribution is 2.39. The molecule has 2 aromatic heterocycles. The summed E-state index contributed by atoms with van der Waals surface area (Å²) in [6.07, 6.45) is 4.34. The zero-order valence-corrected chi connectivity index (χ0v) is 18.6. The van der Waals surface area contributed by atoms with E-state index in [4.69, 9.17) is 9.15 Å². The first-order valence-electron chi connectivity index (χ1n) is 9.86. The Kier molecular flexibility index (Phi) is 6.05. The van der Waals surface area contributed by atoms with E-state index in [-0.39, 0.29) is 23.8 Å². The fourth-order valence-electron chi connectivity index (χ4n) is 3.27. The maximum absolute atomic E-state index is 13.4. The van der Waals surface area contributed by atoms with E-state index in [1.165, 1.54) is 31.3 Å². The van der Waals surface area contributed by atoms with Crippen LogP contribution < -0.4 is 15.4 Å². The number of benzene rings is 2. The van der Waals surface area contributed by atoms with Crippen molar-refractivity contribution in [2.75, 3.05) is 24.5 Å². The number of aromatic amines is 1. The quantitative estimate of drug-likeness (QED) is 0.359. The fourth-order valence-corrected chi connectivity index (χ4v) is 3.69. The van der Waals surface area contributed by atoms with Gasteiger partial charge in [0.2, 0.25) is 0 Å². The van der Waals surface area contributed by atoms with Crippen molar-refractivity contribution in [1.29, 1.82) is 0 Å². The number of ether oxygens (including phenoxy) is 1. The predicted molar refractivity (Wildman–Crippen MR) is 121 cm³/mol. The van der Waals surface area contributed by atoms with Gasteiger partial charge in [-0.1, -0.05) is 0 Å². The van der Waals surface area contributed by atoms with Crippen LogP contribution in [-0.4, -0.2) is 43.5 Å². The average Bonchev–Trinajstić information content (AvgIpc) is 3.43.